The Balaban J connectivity index is 1.83. The lowest BCUT2D eigenvalue weighted by molar-refractivity contribution is 0.00739. The lowest BCUT2D eigenvalue weighted by Gasteiger charge is -2.39. The Morgan fingerprint density at radius 1 is 1.06 bits per heavy atom. The molecule has 0 aromatic rings. The van der Waals surface area contributed by atoms with Gasteiger partial charge in [-0.1, -0.05) is 32.6 Å². The molecule has 0 saturated heterocycles. The predicted molar refractivity (Wildman–Crippen MR) is 76.6 cm³/mol. The molecule has 0 radical (unpaired) electrons. The van der Waals surface area contributed by atoms with Crippen molar-refractivity contribution in [3.8, 4) is 0 Å². The van der Waals surface area contributed by atoms with Crippen molar-refractivity contribution < 1.29 is 5.11 Å². The second-order valence-corrected chi connectivity index (χ2v) is 6.69. The summed E-state index contributed by atoms with van der Waals surface area (Å²) in [6.45, 7) is 3.49. The van der Waals surface area contributed by atoms with Crippen LogP contribution in [0.2, 0.25) is 0 Å². The van der Waals surface area contributed by atoms with Crippen molar-refractivity contribution in [2.75, 3.05) is 13.6 Å². The fraction of sp³-hybridized carbons (Fsp3) is 1.00. The number of nitrogens with zero attached hydrogens (tertiary/aromatic N) is 1. The van der Waals surface area contributed by atoms with Crippen molar-refractivity contribution in [1.82, 2.24) is 4.90 Å². The van der Waals surface area contributed by atoms with Crippen LogP contribution >= 0.6 is 0 Å². The van der Waals surface area contributed by atoms with Gasteiger partial charge in [0.25, 0.3) is 0 Å². The minimum Gasteiger partial charge on any atom is -0.391 e. The Hall–Kier alpha value is -0.0800. The Labute approximate surface area is 113 Å². The van der Waals surface area contributed by atoms with Gasteiger partial charge in [0.2, 0.25) is 0 Å². The molecule has 3 atom stereocenters. The van der Waals surface area contributed by atoms with Crippen molar-refractivity contribution >= 4 is 0 Å². The molecule has 2 nitrogen and oxygen atoms in total. The monoisotopic (exact) mass is 253 g/mol. The zero-order valence-corrected chi connectivity index (χ0v) is 12.3. The highest BCUT2D eigenvalue weighted by Gasteiger charge is 2.32. The molecule has 3 unspecified atom stereocenters. The van der Waals surface area contributed by atoms with E-state index in [0.717, 1.165) is 18.3 Å². The van der Waals surface area contributed by atoms with Gasteiger partial charge in [0, 0.05) is 12.6 Å². The van der Waals surface area contributed by atoms with E-state index in [2.05, 4.69) is 18.9 Å². The largest absolute Gasteiger partial charge is 0.391 e. The van der Waals surface area contributed by atoms with E-state index >= 15 is 0 Å². The summed E-state index contributed by atoms with van der Waals surface area (Å²) in [7, 11) is 2.24. The lowest BCUT2D eigenvalue weighted by Crippen LogP contribution is -2.46. The molecular formula is C16H31NO. The van der Waals surface area contributed by atoms with E-state index in [-0.39, 0.29) is 6.10 Å². The van der Waals surface area contributed by atoms with E-state index in [1.807, 2.05) is 0 Å². The summed E-state index contributed by atoms with van der Waals surface area (Å²) >= 11 is 0. The van der Waals surface area contributed by atoms with Crippen molar-refractivity contribution in [1.29, 1.82) is 0 Å². The van der Waals surface area contributed by atoms with Gasteiger partial charge in [0.1, 0.15) is 0 Å². The molecule has 0 aromatic heterocycles. The quantitative estimate of drug-likeness (QED) is 0.811. The molecule has 2 fully saturated rings. The standard InChI is InChI=1S/C16H31NO/c1-3-6-13-9-10-16(18)15(11-13)17(2)12-14-7-4-5-8-14/h13-16,18H,3-12H2,1-2H3. The highest BCUT2D eigenvalue weighted by atomic mass is 16.3. The van der Waals surface area contributed by atoms with Crippen LogP contribution in [0.3, 0.4) is 0 Å². The van der Waals surface area contributed by atoms with Crippen molar-refractivity contribution in [2.24, 2.45) is 11.8 Å². The van der Waals surface area contributed by atoms with Crippen LogP contribution in [0.15, 0.2) is 0 Å². The van der Waals surface area contributed by atoms with E-state index < -0.39 is 0 Å². The van der Waals surface area contributed by atoms with Crippen LogP contribution in [0.4, 0.5) is 0 Å². The summed E-state index contributed by atoms with van der Waals surface area (Å²) in [5.74, 6) is 1.75. The number of aliphatic hydroxyl groups is 1. The SMILES string of the molecule is CCCC1CCC(O)C(N(C)CC2CCCC2)C1. The zero-order chi connectivity index (χ0) is 13.0. The maximum absolute atomic E-state index is 10.3. The molecule has 18 heavy (non-hydrogen) atoms. The van der Waals surface area contributed by atoms with Gasteiger partial charge in [0.15, 0.2) is 0 Å². The Morgan fingerprint density at radius 3 is 2.44 bits per heavy atom. The van der Waals surface area contributed by atoms with Gasteiger partial charge in [0.05, 0.1) is 6.10 Å². The summed E-state index contributed by atoms with van der Waals surface area (Å²) in [5.41, 5.74) is 0. The number of rotatable bonds is 5. The number of hydrogen-bond donors (Lipinski definition) is 1. The fourth-order valence-corrected chi connectivity index (χ4v) is 4.10. The predicted octanol–water partition coefficient (Wildman–Crippen LogP) is 3.44. The topological polar surface area (TPSA) is 23.5 Å². The van der Waals surface area contributed by atoms with Gasteiger partial charge in [-0.25, -0.2) is 0 Å². The Kier molecular flexibility index (Phi) is 5.50. The van der Waals surface area contributed by atoms with Gasteiger partial charge >= 0.3 is 0 Å². The van der Waals surface area contributed by atoms with E-state index in [1.165, 1.54) is 57.9 Å². The van der Waals surface area contributed by atoms with E-state index in [9.17, 15) is 5.11 Å². The molecule has 0 spiro atoms. The molecule has 2 aliphatic rings. The molecule has 2 heteroatoms. The average Bonchev–Trinajstić information content (AvgIpc) is 2.84. The molecule has 0 heterocycles. The van der Waals surface area contributed by atoms with E-state index in [1.54, 1.807) is 0 Å². The lowest BCUT2D eigenvalue weighted by atomic mass is 9.80. The number of hydrogen-bond acceptors (Lipinski definition) is 2. The Morgan fingerprint density at radius 2 is 1.78 bits per heavy atom. The average molecular weight is 253 g/mol. The van der Waals surface area contributed by atoms with Crippen LogP contribution in [-0.4, -0.2) is 35.7 Å². The van der Waals surface area contributed by atoms with Crippen LogP contribution in [0.1, 0.15) is 64.7 Å². The van der Waals surface area contributed by atoms with Crippen molar-refractivity contribution in [2.45, 2.75) is 76.9 Å². The van der Waals surface area contributed by atoms with Gasteiger partial charge in [-0.3, -0.25) is 0 Å². The number of likely N-dealkylation sites (N-methyl/N-ethyl adjacent to an activating group) is 1. The third-order valence-corrected chi connectivity index (χ3v) is 5.17. The molecule has 2 saturated carbocycles. The fourth-order valence-electron chi connectivity index (χ4n) is 4.10. The second-order valence-electron chi connectivity index (χ2n) is 6.69. The van der Waals surface area contributed by atoms with Crippen molar-refractivity contribution in [3.63, 3.8) is 0 Å². The normalized spacial score (nSPS) is 34.3. The van der Waals surface area contributed by atoms with Crippen LogP contribution in [0.5, 0.6) is 0 Å². The first-order valence-corrected chi connectivity index (χ1v) is 8.09. The van der Waals surface area contributed by atoms with Crippen LogP contribution in [-0.2, 0) is 0 Å². The first kappa shape index (κ1) is 14.3. The van der Waals surface area contributed by atoms with E-state index in [0.29, 0.717) is 6.04 Å². The smallest absolute Gasteiger partial charge is 0.0695 e. The maximum Gasteiger partial charge on any atom is 0.0695 e. The first-order valence-electron chi connectivity index (χ1n) is 8.09. The summed E-state index contributed by atoms with van der Waals surface area (Å²) in [6, 6.07) is 0.427. The molecule has 106 valence electrons. The highest BCUT2D eigenvalue weighted by Crippen LogP contribution is 2.32. The molecule has 0 aromatic carbocycles. The van der Waals surface area contributed by atoms with Crippen LogP contribution in [0, 0.1) is 11.8 Å². The molecule has 2 rings (SSSR count). The van der Waals surface area contributed by atoms with Gasteiger partial charge in [-0.2, -0.15) is 0 Å². The summed E-state index contributed by atoms with van der Waals surface area (Å²) in [6.07, 6.45) is 11.7. The molecular weight excluding hydrogens is 222 g/mol. The number of aliphatic hydroxyl groups excluding tert-OH is 1. The summed E-state index contributed by atoms with van der Waals surface area (Å²) in [5, 5.41) is 10.3. The third-order valence-electron chi connectivity index (χ3n) is 5.17. The van der Waals surface area contributed by atoms with Crippen LogP contribution in [0.25, 0.3) is 0 Å². The van der Waals surface area contributed by atoms with Gasteiger partial charge < -0.3 is 10.0 Å². The van der Waals surface area contributed by atoms with Gasteiger partial charge in [-0.15, -0.1) is 0 Å². The highest BCUT2D eigenvalue weighted by molar-refractivity contribution is 4.86. The molecule has 0 aliphatic heterocycles. The maximum atomic E-state index is 10.3. The molecule has 0 bridgehead atoms. The van der Waals surface area contributed by atoms with Crippen molar-refractivity contribution in [3.05, 3.63) is 0 Å². The summed E-state index contributed by atoms with van der Waals surface area (Å²) < 4.78 is 0. The molecule has 0 amide bonds. The molecule has 1 N–H and O–H groups in total. The first-order chi connectivity index (χ1) is 8.70. The van der Waals surface area contributed by atoms with Gasteiger partial charge in [-0.05, 0) is 51.0 Å². The molecule has 2 aliphatic carbocycles. The minimum atomic E-state index is -0.0792. The summed E-state index contributed by atoms with van der Waals surface area (Å²) in [4.78, 5) is 2.47. The zero-order valence-electron chi connectivity index (χ0n) is 12.3. The Bertz CT molecular complexity index is 237. The third kappa shape index (κ3) is 3.71. The second kappa shape index (κ2) is 6.91. The van der Waals surface area contributed by atoms with Crippen LogP contribution < -0.4 is 0 Å². The minimum absolute atomic E-state index is 0.0792. The van der Waals surface area contributed by atoms with E-state index in [4.69, 9.17) is 0 Å².